The van der Waals surface area contributed by atoms with Crippen LogP contribution in [0.2, 0.25) is 20.1 Å². The number of rotatable bonds is 5. The van der Waals surface area contributed by atoms with Crippen LogP contribution in [0.5, 0.6) is 17.2 Å². The summed E-state index contributed by atoms with van der Waals surface area (Å²) in [5.74, 6) is -0.349. The Morgan fingerprint density at radius 1 is 1.03 bits per heavy atom. The Morgan fingerprint density at radius 3 is 2.24 bits per heavy atom. The van der Waals surface area contributed by atoms with E-state index in [1.54, 1.807) is 19.9 Å². The van der Waals surface area contributed by atoms with Crippen LogP contribution in [0.15, 0.2) is 42.5 Å². The predicted octanol–water partition coefficient (Wildman–Crippen LogP) is 7.68. The first-order valence-corrected chi connectivity index (χ1v) is 12.1. The number of hydrogen-bond donors (Lipinski definition) is 2. The van der Waals surface area contributed by atoms with Gasteiger partial charge in [0.2, 0.25) is 0 Å². The molecule has 0 bridgehead atoms. The van der Waals surface area contributed by atoms with Gasteiger partial charge in [-0.1, -0.05) is 52.5 Å². The summed E-state index contributed by atoms with van der Waals surface area (Å²) in [6, 6.07) is 9.03. The molecule has 0 saturated heterocycles. The van der Waals surface area contributed by atoms with Crippen molar-refractivity contribution in [3.05, 3.63) is 83.8 Å². The first kappa shape index (κ1) is 26.8. The van der Waals surface area contributed by atoms with E-state index in [0.717, 1.165) is 0 Å². The number of hydrogen-bond acceptors (Lipinski definition) is 6. The van der Waals surface area contributed by atoms with Gasteiger partial charge >= 0.3 is 6.03 Å². The molecule has 13 heteroatoms. The zero-order valence-electron chi connectivity index (χ0n) is 19.2. The van der Waals surface area contributed by atoms with Crippen LogP contribution in [0.1, 0.15) is 29.8 Å². The highest BCUT2D eigenvalue weighted by Gasteiger charge is 2.38. The summed E-state index contributed by atoms with van der Waals surface area (Å²) >= 11 is 24.7. The third kappa shape index (κ3) is 5.70. The van der Waals surface area contributed by atoms with Crippen LogP contribution in [-0.4, -0.2) is 22.5 Å². The first-order chi connectivity index (χ1) is 17.4. The van der Waals surface area contributed by atoms with Crippen molar-refractivity contribution in [2.75, 3.05) is 5.32 Å². The Morgan fingerprint density at radius 2 is 1.65 bits per heavy atom. The fraction of sp³-hybridized carbons (Fsp3) is 0.167. The first-order valence-electron chi connectivity index (χ1n) is 10.6. The number of carbonyl (C=O) groups excluding carboxylic acids is 2. The van der Waals surface area contributed by atoms with Gasteiger partial charge in [0.05, 0.1) is 36.1 Å². The lowest BCUT2D eigenvalue weighted by Crippen LogP contribution is -2.34. The third-order valence-corrected chi connectivity index (χ3v) is 6.45. The van der Waals surface area contributed by atoms with Gasteiger partial charge in [-0.15, -0.1) is 0 Å². The number of nitrogens with zero attached hydrogens (tertiary/aromatic N) is 1. The lowest BCUT2D eigenvalue weighted by atomic mass is 10.0. The molecular weight excluding hydrogens is 568 g/mol. The van der Waals surface area contributed by atoms with E-state index in [4.69, 9.17) is 55.9 Å². The molecule has 9 nitrogen and oxygen atoms in total. The molecule has 1 aliphatic heterocycles. The summed E-state index contributed by atoms with van der Waals surface area (Å²) in [5.41, 5.74) is -0.250. The molecule has 1 heterocycles. The molecular formula is C24H17Cl4N3O6. The molecule has 2 N–H and O–H groups in total. The molecule has 0 atom stereocenters. The van der Waals surface area contributed by atoms with E-state index in [-0.39, 0.29) is 54.3 Å². The molecule has 0 spiro atoms. The van der Waals surface area contributed by atoms with Crippen molar-refractivity contribution in [1.82, 2.24) is 5.32 Å². The number of carbonyl (C=O) groups is 2. The van der Waals surface area contributed by atoms with E-state index < -0.39 is 22.5 Å². The second-order valence-corrected chi connectivity index (χ2v) is 10.2. The molecule has 4 rings (SSSR count). The lowest BCUT2D eigenvalue weighted by Gasteiger charge is -2.18. The van der Waals surface area contributed by atoms with Crippen molar-refractivity contribution in [2.45, 2.75) is 25.9 Å². The summed E-state index contributed by atoms with van der Waals surface area (Å²) in [6.07, 6.45) is 0.313. The summed E-state index contributed by atoms with van der Waals surface area (Å²) in [6.45, 7) is 3.60. The predicted molar refractivity (Wildman–Crippen MR) is 141 cm³/mol. The summed E-state index contributed by atoms with van der Waals surface area (Å²) < 4.78 is 11.8. The fourth-order valence-electron chi connectivity index (χ4n) is 3.75. The van der Waals surface area contributed by atoms with Crippen molar-refractivity contribution in [3.8, 4) is 17.2 Å². The van der Waals surface area contributed by atoms with Gasteiger partial charge in [0.1, 0.15) is 5.60 Å². The van der Waals surface area contributed by atoms with Gasteiger partial charge in [0, 0.05) is 18.2 Å². The van der Waals surface area contributed by atoms with Crippen molar-refractivity contribution in [1.29, 1.82) is 0 Å². The normalized spacial score (nSPS) is 13.4. The second kappa shape index (κ2) is 10.3. The van der Waals surface area contributed by atoms with Crippen molar-refractivity contribution >= 4 is 69.7 Å². The van der Waals surface area contributed by atoms with Crippen LogP contribution in [0.3, 0.4) is 0 Å². The molecule has 3 amide bonds. The molecule has 0 unspecified atom stereocenters. The fourth-order valence-corrected chi connectivity index (χ4v) is 4.88. The topological polar surface area (TPSA) is 120 Å². The number of ether oxygens (including phenoxy) is 2. The highest BCUT2D eigenvalue weighted by molar-refractivity contribution is 6.40. The minimum Gasteiger partial charge on any atom is -0.483 e. The Bertz CT molecular complexity index is 1420. The molecule has 0 saturated carbocycles. The number of nitrogens with one attached hydrogen (secondary N) is 2. The van der Waals surface area contributed by atoms with Gasteiger partial charge < -0.3 is 14.8 Å². The van der Waals surface area contributed by atoms with E-state index in [9.17, 15) is 19.7 Å². The molecule has 0 fully saturated rings. The van der Waals surface area contributed by atoms with Gasteiger partial charge in [-0.05, 0) is 44.2 Å². The molecule has 1 aliphatic rings. The van der Waals surface area contributed by atoms with Crippen molar-refractivity contribution in [2.24, 2.45) is 0 Å². The van der Waals surface area contributed by atoms with Crippen molar-refractivity contribution < 1.29 is 24.0 Å². The van der Waals surface area contributed by atoms with E-state index in [0.29, 0.717) is 12.0 Å². The Kier molecular flexibility index (Phi) is 7.43. The standard InChI is InChI=1S/C24H17Cl4N3O6/c1-24(2)10-12-17(31(34)35)6-7-18(20(12)37-24)36-21-15(27)8-11(9-16(21)28)29-23(33)30-22(32)19-13(25)4-3-5-14(19)26/h3-9H,10H2,1-2H3,(H2,29,30,32,33). The second-order valence-electron chi connectivity index (χ2n) is 8.56. The monoisotopic (exact) mass is 583 g/mol. The number of nitro benzene ring substituents is 1. The molecule has 0 aliphatic carbocycles. The molecule has 192 valence electrons. The summed E-state index contributed by atoms with van der Waals surface area (Å²) in [5, 5.41) is 16.2. The minimum atomic E-state index is -0.884. The van der Waals surface area contributed by atoms with E-state index in [2.05, 4.69) is 10.6 Å². The summed E-state index contributed by atoms with van der Waals surface area (Å²) in [7, 11) is 0. The SMILES string of the molecule is CC1(C)Cc2c([N+](=O)[O-])ccc(Oc3c(Cl)cc(NC(=O)NC(=O)c4c(Cl)cccc4Cl)cc3Cl)c2O1. The van der Waals surface area contributed by atoms with E-state index in [1.165, 1.54) is 36.4 Å². The van der Waals surface area contributed by atoms with Gasteiger partial charge in [-0.3, -0.25) is 20.2 Å². The highest BCUT2D eigenvalue weighted by Crippen LogP contribution is 2.49. The molecule has 0 radical (unpaired) electrons. The van der Waals surface area contributed by atoms with Crippen LogP contribution >= 0.6 is 46.4 Å². The molecule has 0 aromatic heterocycles. The van der Waals surface area contributed by atoms with Crippen molar-refractivity contribution in [3.63, 3.8) is 0 Å². The maximum Gasteiger partial charge on any atom is 0.326 e. The number of fused-ring (bicyclic) bond motifs is 1. The Hall–Kier alpha value is -3.24. The van der Waals surface area contributed by atoms with Crippen LogP contribution in [-0.2, 0) is 6.42 Å². The van der Waals surface area contributed by atoms with E-state index >= 15 is 0 Å². The van der Waals surface area contributed by atoms with Crippen LogP contribution < -0.4 is 20.1 Å². The highest BCUT2D eigenvalue weighted by atomic mass is 35.5. The van der Waals surface area contributed by atoms with Gasteiger partial charge in [-0.2, -0.15) is 0 Å². The number of urea groups is 1. The Balaban J connectivity index is 1.54. The van der Waals surface area contributed by atoms with Gasteiger partial charge in [0.15, 0.2) is 17.2 Å². The number of benzene rings is 3. The number of anilines is 1. The average Bonchev–Trinajstić information content (AvgIpc) is 3.10. The number of nitro groups is 1. The number of amides is 3. The maximum atomic E-state index is 12.4. The lowest BCUT2D eigenvalue weighted by molar-refractivity contribution is -0.385. The Labute approximate surface area is 230 Å². The zero-order valence-corrected chi connectivity index (χ0v) is 22.2. The van der Waals surface area contributed by atoms with Gasteiger partial charge in [0.25, 0.3) is 11.6 Å². The van der Waals surface area contributed by atoms with Crippen LogP contribution in [0, 0.1) is 10.1 Å². The zero-order chi connectivity index (χ0) is 27.1. The van der Waals surface area contributed by atoms with Crippen LogP contribution in [0.4, 0.5) is 16.2 Å². The number of halogens is 4. The van der Waals surface area contributed by atoms with Crippen LogP contribution in [0.25, 0.3) is 0 Å². The molecule has 37 heavy (non-hydrogen) atoms. The maximum absolute atomic E-state index is 12.4. The molecule has 3 aromatic rings. The minimum absolute atomic E-state index is 0.0210. The largest absolute Gasteiger partial charge is 0.483 e. The summed E-state index contributed by atoms with van der Waals surface area (Å²) in [4.78, 5) is 35.8. The third-order valence-electron chi connectivity index (χ3n) is 5.26. The molecule has 3 aromatic carbocycles. The number of imide groups is 1. The van der Waals surface area contributed by atoms with Gasteiger partial charge in [-0.25, -0.2) is 4.79 Å². The smallest absolute Gasteiger partial charge is 0.326 e. The quantitative estimate of drug-likeness (QED) is 0.234. The average molecular weight is 585 g/mol. The van der Waals surface area contributed by atoms with E-state index in [1.807, 2.05) is 0 Å².